The normalized spacial score (nSPS) is 20.4. The highest BCUT2D eigenvalue weighted by Crippen LogP contribution is 2.47. The van der Waals surface area contributed by atoms with Crippen LogP contribution in [0.1, 0.15) is 97.5 Å². The summed E-state index contributed by atoms with van der Waals surface area (Å²) in [6, 6.07) is 7.23. The molecular formula is C24H29NO5S. The van der Waals surface area contributed by atoms with Gasteiger partial charge in [0.25, 0.3) is 10.0 Å². The second-order valence-corrected chi connectivity index (χ2v) is 11.0. The predicted octanol–water partition coefficient (Wildman–Crippen LogP) is 4.65. The van der Waals surface area contributed by atoms with Crippen molar-refractivity contribution in [2.24, 2.45) is 5.92 Å². The topological polar surface area (TPSA) is 93.4 Å². The lowest BCUT2D eigenvalue weighted by Crippen LogP contribution is -2.32. The van der Waals surface area contributed by atoms with Crippen LogP contribution in [0.2, 0.25) is 0 Å². The minimum Gasteiger partial charge on any atom is -0.447 e. The van der Waals surface area contributed by atoms with E-state index in [1.165, 1.54) is 6.07 Å². The molecule has 0 radical (unpaired) electrons. The number of Topliss-reactive ketones (excluding diaryl/α,β-unsaturated/α-hetero) is 1. The van der Waals surface area contributed by atoms with Gasteiger partial charge < -0.3 is 4.42 Å². The Morgan fingerprint density at radius 2 is 1.71 bits per heavy atom. The molecule has 2 atom stereocenters. The molecule has 1 N–H and O–H groups in total. The molecule has 31 heavy (non-hydrogen) atoms. The monoisotopic (exact) mass is 443 g/mol. The Morgan fingerprint density at radius 1 is 1.10 bits per heavy atom. The van der Waals surface area contributed by atoms with Crippen LogP contribution in [-0.2, 0) is 21.2 Å². The van der Waals surface area contributed by atoms with Gasteiger partial charge in [-0.2, -0.15) is 8.42 Å². The summed E-state index contributed by atoms with van der Waals surface area (Å²) in [5.74, 6) is 0.252. The fourth-order valence-electron chi connectivity index (χ4n) is 4.99. The van der Waals surface area contributed by atoms with Crippen molar-refractivity contribution in [2.45, 2.75) is 76.2 Å². The van der Waals surface area contributed by atoms with Gasteiger partial charge in [0.2, 0.25) is 11.0 Å². The Labute approximate surface area is 183 Å². The lowest BCUT2D eigenvalue weighted by molar-refractivity contribution is -0.118. The molecule has 1 amide bonds. The number of ketones is 1. The minimum atomic E-state index is -4.20. The van der Waals surface area contributed by atoms with Gasteiger partial charge in [0.05, 0.1) is 12.0 Å². The van der Waals surface area contributed by atoms with Crippen molar-refractivity contribution in [2.75, 3.05) is 0 Å². The maximum absolute atomic E-state index is 12.9. The number of sulfonamides is 1. The highest BCUT2D eigenvalue weighted by Gasteiger charge is 2.42. The third-order valence-electron chi connectivity index (χ3n) is 6.52. The minimum absolute atomic E-state index is 0.0366. The van der Waals surface area contributed by atoms with Crippen LogP contribution in [-0.4, -0.2) is 20.1 Å². The highest BCUT2D eigenvalue weighted by molar-refractivity contribution is 7.89. The van der Waals surface area contributed by atoms with E-state index in [-0.39, 0.29) is 41.0 Å². The molecule has 2 bridgehead atoms. The van der Waals surface area contributed by atoms with Crippen molar-refractivity contribution in [3.05, 3.63) is 52.3 Å². The lowest BCUT2D eigenvalue weighted by Gasteiger charge is -2.19. The van der Waals surface area contributed by atoms with Gasteiger partial charge in [-0.25, -0.2) is 4.72 Å². The average Bonchev–Trinajstić information content (AvgIpc) is 3.32. The van der Waals surface area contributed by atoms with Crippen LogP contribution in [0.25, 0.3) is 0 Å². The van der Waals surface area contributed by atoms with Crippen molar-refractivity contribution in [3.63, 3.8) is 0 Å². The Morgan fingerprint density at radius 3 is 2.32 bits per heavy atom. The second kappa shape index (κ2) is 7.93. The number of carbonyl (C=O) groups excluding carboxylic acids is 2. The van der Waals surface area contributed by atoms with E-state index < -0.39 is 15.9 Å². The number of hydrogen-bond acceptors (Lipinski definition) is 5. The standard InChI is InChI=1S/C24H29NO5S/c1-13(2)17-6-5-7-18(14(3)4)19(17)11-21(26)25-31(28,29)22-12-20-23(27)15-8-9-16(10-15)24(20)30-22/h5-7,12-16H,8-11H2,1-4H3,(H,25,26). The number of carbonyl (C=O) groups is 2. The van der Waals surface area contributed by atoms with E-state index in [0.717, 1.165) is 36.0 Å². The van der Waals surface area contributed by atoms with Crippen molar-refractivity contribution < 1.29 is 22.4 Å². The van der Waals surface area contributed by atoms with E-state index in [9.17, 15) is 18.0 Å². The number of rotatable bonds is 6. The fraction of sp³-hybridized carbons (Fsp3) is 0.500. The molecule has 1 saturated carbocycles. The van der Waals surface area contributed by atoms with Gasteiger partial charge in [-0.15, -0.1) is 0 Å². The van der Waals surface area contributed by atoms with Crippen LogP contribution in [0, 0.1) is 5.92 Å². The lowest BCUT2D eigenvalue weighted by atomic mass is 9.87. The third-order valence-corrected chi connectivity index (χ3v) is 7.75. The molecule has 1 heterocycles. The largest absolute Gasteiger partial charge is 0.447 e. The van der Waals surface area contributed by atoms with E-state index >= 15 is 0 Å². The van der Waals surface area contributed by atoms with Gasteiger partial charge >= 0.3 is 0 Å². The van der Waals surface area contributed by atoms with Crippen molar-refractivity contribution in [3.8, 4) is 0 Å². The zero-order valence-electron chi connectivity index (χ0n) is 18.4. The van der Waals surface area contributed by atoms with Crippen LogP contribution >= 0.6 is 0 Å². The number of nitrogens with one attached hydrogen (secondary N) is 1. The van der Waals surface area contributed by atoms with Gasteiger partial charge in [-0.05, 0) is 47.8 Å². The number of amides is 1. The number of furan rings is 1. The van der Waals surface area contributed by atoms with E-state index in [1.807, 2.05) is 18.2 Å². The summed E-state index contributed by atoms with van der Waals surface area (Å²) in [4.78, 5) is 25.3. The molecule has 1 aromatic heterocycles. The summed E-state index contributed by atoms with van der Waals surface area (Å²) in [5, 5.41) is -0.354. The summed E-state index contributed by atoms with van der Waals surface area (Å²) < 4.78 is 33.5. The van der Waals surface area contributed by atoms with Gasteiger partial charge in [-0.1, -0.05) is 45.9 Å². The van der Waals surface area contributed by atoms with Crippen molar-refractivity contribution >= 4 is 21.7 Å². The Kier molecular flexibility index (Phi) is 5.58. The third kappa shape index (κ3) is 3.95. The molecule has 166 valence electrons. The summed E-state index contributed by atoms with van der Waals surface area (Å²) in [6.45, 7) is 8.21. The van der Waals surface area contributed by atoms with E-state index in [1.54, 1.807) is 0 Å². The van der Waals surface area contributed by atoms with Crippen molar-refractivity contribution in [1.82, 2.24) is 4.72 Å². The Balaban J connectivity index is 1.58. The molecule has 1 aromatic carbocycles. The maximum atomic E-state index is 12.9. The molecule has 2 aliphatic carbocycles. The Hall–Kier alpha value is -2.41. The first-order valence-corrected chi connectivity index (χ1v) is 12.4. The SMILES string of the molecule is CC(C)c1cccc(C(C)C)c1CC(=O)NS(=O)(=O)c1cc2c(o1)C1CCC(C1)C2=O. The van der Waals surface area contributed by atoms with Gasteiger partial charge in [0, 0.05) is 17.9 Å². The van der Waals surface area contributed by atoms with Gasteiger partial charge in [0.1, 0.15) is 5.76 Å². The summed E-state index contributed by atoms with van der Waals surface area (Å²) in [7, 11) is -4.20. The van der Waals surface area contributed by atoms with Gasteiger partial charge in [-0.3, -0.25) is 9.59 Å². The van der Waals surface area contributed by atoms with Gasteiger partial charge in [0.15, 0.2) is 5.78 Å². The molecule has 1 fully saturated rings. The first-order chi connectivity index (χ1) is 14.6. The second-order valence-electron chi connectivity index (χ2n) is 9.34. The molecule has 2 aromatic rings. The molecule has 2 unspecified atom stereocenters. The molecule has 2 aliphatic rings. The Bertz CT molecular complexity index is 1120. The molecular weight excluding hydrogens is 414 g/mol. The summed E-state index contributed by atoms with van der Waals surface area (Å²) in [5.41, 5.74) is 3.30. The molecule has 0 aliphatic heterocycles. The van der Waals surface area contributed by atoms with E-state index in [2.05, 4.69) is 32.4 Å². The maximum Gasteiger partial charge on any atom is 0.297 e. The first-order valence-electron chi connectivity index (χ1n) is 10.9. The number of benzene rings is 1. The smallest absolute Gasteiger partial charge is 0.297 e. The number of fused-ring (bicyclic) bond motifs is 4. The first kappa shape index (κ1) is 21.8. The average molecular weight is 444 g/mol. The predicted molar refractivity (Wildman–Crippen MR) is 117 cm³/mol. The fourth-order valence-corrected chi connectivity index (χ4v) is 5.94. The quantitative estimate of drug-likeness (QED) is 0.701. The van der Waals surface area contributed by atoms with Crippen LogP contribution in [0.5, 0.6) is 0 Å². The molecule has 0 spiro atoms. The number of hydrogen-bond donors (Lipinski definition) is 1. The molecule has 4 rings (SSSR count). The zero-order chi connectivity index (χ0) is 22.5. The molecule has 0 saturated heterocycles. The van der Waals surface area contributed by atoms with Crippen LogP contribution in [0.3, 0.4) is 0 Å². The summed E-state index contributed by atoms with van der Waals surface area (Å²) in [6.07, 6.45) is 2.33. The van der Waals surface area contributed by atoms with E-state index in [4.69, 9.17) is 4.42 Å². The van der Waals surface area contributed by atoms with Crippen LogP contribution < -0.4 is 4.72 Å². The van der Waals surface area contributed by atoms with Crippen LogP contribution in [0.4, 0.5) is 0 Å². The molecule has 7 heteroatoms. The highest BCUT2D eigenvalue weighted by atomic mass is 32.2. The summed E-state index contributed by atoms with van der Waals surface area (Å²) >= 11 is 0. The van der Waals surface area contributed by atoms with Crippen LogP contribution in [0.15, 0.2) is 33.8 Å². The van der Waals surface area contributed by atoms with E-state index in [0.29, 0.717) is 11.3 Å². The van der Waals surface area contributed by atoms with Crippen molar-refractivity contribution in [1.29, 1.82) is 0 Å². The molecule has 6 nitrogen and oxygen atoms in total. The zero-order valence-corrected chi connectivity index (χ0v) is 19.2.